The summed E-state index contributed by atoms with van der Waals surface area (Å²) >= 11 is 0. The average molecular weight is 625 g/mol. The largest absolute Gasteiger partial charge is 0.309 e. The Kier molecular flexibility index (Phi) is 6.15. The van der Waals surface area contributed by atoms with Crippen molar-refractivity contribution in [1.29, 1.82) is 0 Å². The summed E-state index contributed by atoms with van der Waals surface area (Å²) in [6, 6.07) is 59.5. The Hall–Kier alpha value is -6.65. The molecular weight excluding hydrogens is 597 g/mol. The molecule has 3 heterocycles. The van der Waals surface area contributed by atoms with Gasteiger partial charge in [-0.15, -0.1) is 0 Å². The molecule has 0 atom stereocenters. The highest BCUT2D eigenvalue weighted by molar-refractivity contribution is 6.29. The van der Waals surface area contributed by atoms with Gasteiger partial charge in [0.15, 0.2) is 5.82 Å². The van der Waals surface area contributed by atoms with Gasteiger partial charge in [0.05, 0.1) is 33.5 Å². The van der Waals surface area contributed by atoms with Gasteiger partial charge in [-0.05, 0) is 42.5 Å². The Labute approximate surface area is 282 Å². The number of para-hydroxylation sites is 4. The maximum atomic E-state index is 5.35. The molecular formula is C45H28N4. The van der Waals surface area contributed by atoms with Gasteiger partial charge in [-0.2, -0.15) is 0 Å². The highest BCUT2D eigenvalue weighted by Gasteiger charge is 2.20. The monoisotopic (exact) mass is 624 g/mol. The molecule has 4 nitrogen and oxygen atoms in total. The summed E-state index contributed by atoms with van der Waals surface area (Å²) in [6.45, 7) is 0. The minimum atomic E-state index is 0.714. The quantitative estimate of drug-likeness (QED) is 0.183. The highest BCUT2D eigenvalue weighted by Crippen LogP contribution is 2.43. The van der Waals surface area contributed by atoms with Gasteiger partial charge in [-0.1, -0.05) is 127 Å². The minimum absolute atomic E-state index is 0.714. The molecule has 0 aliphatic rings. The lowest BCUT2D eigenvalue weighted by atomic mass is 9.95. The molecule has 0 radical (unpaired) electrons. The number of benzene rings is 7. The number of nitrogens with zero attached hydrogens (tertiary/aromatic N) is 4. The Morgan fingerprint density at radius 1 is 0.347 bits per heavy atom. The first-order chi connectivity index (χ1) is 24.3. The lowest BCUT2D eigenvalue weighted by Crippen LogP contribution is -1.96. The number of aromatic nitrogens is 4. The van der Waals surface area contributed by atoms with Crippen molar-refractivity contribution in [2.45, 2.75) is 0 Å². The molecule has 10 aromatic rings. The van der Waals surface area contributed by atoms with Gasteiger partial charge in [-0.3, -0.25) is 0 Å². The van der Waals surface area contributed by atoms with Crippen LogP contribution in [0.3, 0.4) is 0 Å². The summed E-state index contributed by atoms with van der Waals surface area (Å²) in [5.74, 6) is 0.714. The predicted octanol–water partition coefficient (Wildman–Crippen LogP) is 11.4. The Balaban J connectivity index is 1.26. The number of pyridine rings is 1. The van der Waals surface area contributed by atoms with Crippen molar-refractivity contribution < 1.29 is 0 Å². The van der Waals surface area contributed by atoms with E-state index in [1.807, 2.05) is 24.3 Å². The molecule has 0 N–H and O–H groups in total. The van der Waals surface area contributed by atoms with E-state index in [9.17, 15) is 0 Å². The molecule has 0 saturated carbocycles. The lowest BCUT2D eigenvalue weighted by Gasteiger charge is -2.14. The summed E-state index contributed by atoms with van der Waals surface area (Å²) in [7, 11) is 0. The summed E-state index contributed by atoms with van der Waals surface area (Å²) in [5.41, 5.74) is 10.3. The molecule has 0 unspecified atom stereocenters. The highest BCUT2D eigenvalue weighted by atomic mass is 15.0. The van der Waals surface area contributed by atoms with E-state index >= 15 is 0 Å². The van der Waals surface area contributed by atoms with Crippen molar-refractivity contribution in [3.8, 4) is 39.6 Å². The predicted molar refractivity (Wildman–Crippen MR) is 203 cm³/mol. The molecule has 0 aliphatic carbocycles. The van der Waals surface area contributed by atoms with Crippen LogP contribution < -0.4 is 0 Å². The molecule has 4 heteroatoms. The normalized spacial score (nSPS) is 11.7. The van der Waals surface area contributed by atoms with Gasteiger partial charge < -0.3 is 4.57 Å². The van der Waals surface area contributed by atoms with Gasteiger partial charge in [0.2, 0.25) is 0 Å². The first kappa shape index (κ1) is 27.5. The van der Waals surface area contributed by atoms with Gasteiger partial charge in [0.1, 0.15) is 0 Å². The fraction of sp³-hybridized carbons (Fsp3) is 0. The summed E-state index contributed by atoms with van der Waals surface area (Å²) in [5, 5.41) is 6.97. The molecule has 0 aliphatic heterocycles. The van der Waals surface area contributed by atoms with Crippen LogP contribution in [-0.4, -0.2) is 19.5 Å². The van der Waals surface area contributed by atoms with Crippen LogP contribution in [0.1, 0.15) is 0 Å². The van der Waals surface area contributed by atoms with Crippen LogP contribution in [0.2, 0.25) is 0 Å². The molecule has 0 fully saturated rings. The van der Waals surface area contributed by atoms with Gasteiger partial charge >= 0.3 is 0 Å². The van der Waals surface area contributed by atoms with Gasteiger partial charge in [-0.25, -0.2) is 15.0 Å². The fourth-order valence-corrected chi connectivity index (χ4v) is 7.40. The first-order valence-corrected chi connectivity index (χ1v) is 16.5. The van der Waals surface area contributed by atoms with Crippen molar-refractivity contribution in [2.24, 2.45) is 0 Å². The first-order valence-electron chi connectivity index (χ1n) is 16.5. The van der Waals surface area contributed by atoms with Gasteiger partial charge in [0.25, 0.3) is 0 Å². The number of rotatable bonds is 4. The topological polar surface area (TPSA) is 43.6 Å². The summed E-state index contributed by atoms with van der Waals surface area (Å²) in [6.07, 6.45) is 0. The third-order valence-corrected chi connectivity index (χ3v) is 9.56. The average Bonchev–Trinajstić information content (AvgIpc) is 3.52. The number of hydrogen-bond donors (Lipinski definition) is 0. The van der Waals surface area contributed by atoms with Crippen molar-refractivity contribution in [2.75, 3.05) is 0 Å². The van der Waals surface area contributed by atoms with E-state index in [0.717, 1.165) is 61.0 Å². The zero-order valence-corrected chi connectivity index (χ0v) is 26.5. The van der Waals surface area contributed by atoms with E-state index < -0.39 is 0 Å². The molecule has 228 valence electrons. The third kappa shape index (κ3) is 4.35. The second-order valence-electron chi connectivity index (χ2n) is 12.4. The summed E-state index contributed by atoms with van der Waals surface area (Å²) in [4.78, 5) is 15.4. The maximum Gasteiger partial charge on any atom is 0.160 e. The molecule has 0 bridgehead atoms. The van der Waals surface area contributed by atoms with Gasteiger partial charge in [0, 0.05) is 54.7 Å². The number of fused-ring (bicyclic) bond motifs is 8. The van der Waals surface area contributed by atoms with Crippen LogP contribution in [0, 0.1) is 0 Å². The van der Waals surface area contributed by atoms with E-state index in [1.54, 1.807) is 0 Å². The van der Waals surface area contributed by atoms with E-state index in [2.05, 4.69) is 150 Å². The zero-order chi connectivity index (χ0) is 32.3. The standard InChI is InChI=1S/C45H28N4/c1-3-14-29(15-4-1)45-47-38-24-11-8-21-34(38)43(48-45)30-16-13-17-31(28-30)44-36-26-27-40-42(41(36)33-20-7-10-23-37(33)46-44)35-22-9-12-25-39(35)49(40)32-18-5-2-6-19-32/h1-28H. The molecule has 3 aromatic heterocycles. The SMILES string of the molecule is c1ccc(-c2nc(-c3cccc(-c4nc5ccccc5c5c4ccc4c5c5ccccc5n4-c4ccccc4)c3)c3ccccc3n2)cc1. The molecule has 10 rings (SSSR count). The van der Waals surface area contributed by atoms with Crippen LogP contribution in [0.25, 0.3) is 94.0 Å². The molecule has 0 spiro atoms. The maximum absolute atomic E-state index is 5.35. The minimum Gasteiger partial charge on any atom is -0.309 e. The molecule has 0 saturated heterocycles. The van der Waals surface area contributed by atoms with Crippen molar-refractivity contribution in [1.82, 2.24) is 19.5 Å². The van der Waals surface area contributed by atoms with E-state index in [1.165, 1.54) is 27.2 Å². The smallest absolute Gasteiger partial charge is 0.160 e. The van der Waals surface area contributed by atoms with Crippen LogP contribution in [0.5, 0.6) is 0 Å². The van der Waals surface area contributed by atoms with Crippen molar-refractivity contribution in [3.63, 3.8) is 0 Å². The van der Waals surface area contributed by atoms with E-state index in [4.69, 9.17) is 15.0 Å². The second kappa shape index (κ2) is 11.0. The Bertz CT molecular complexity index is 2870. The number of hydrogen-bond acceptors (Lipinski definition) is 3. The second-order valence-corrected chi connectivity index (χ2v) is 12.4. The Morgan fingerprint density at radius 2 is 0.939 bits per heavy atom. The fourth-order valence-electron chi connectivity index (χ4n) is 7.40. The summed E-state index contributed by atoms with van der Waals surface area (Å²) < 4.78 is 2.38. The van der Waals surface area contributed by atoms with Crippen LogP contribution in [-0.2, 0) is 0 Å². The van der Waals surface area contributed by atoms with Crippen LogP contribution in [0.15, 0.2) is 170 Å². The van der Waals surface area contributed by atoms with E-state index in [0.29, 0.717) is 5.82 Å². The molecule has 7 aromatic carbocycles. The van der Waals surface area contributed by atoms with E-state index in [-0.39, 0.29) is 0 Å². The lowest BCUT2D eigenvalue weighted by molar-refractivity contribution is 1.18. The van der Waals surface area contributed by atoms with Crippen molar-refractivity contribution >= 4 is 54.4 Å². The Morgan fingerprint density at radius 3 is 1.71 bits per heavy atom. The van der Waals surface area contributed by atoms with Crippen molar-refractivity contribution in [3.05, 3.63) is 170 Å². The third-order valence-electron chi connectivity index (χ3n) is 9.56. The van der Waals surface area contributed by atoms with Crippen LogP contribution in [0.4, 0.5) is 0 Å². The van der Waals surface area contributed by atoms with Crippen LogP contribution >= 0.6 is 0 Å². The molecule has 0 amide bonds. The zero-order valence-electron chi connectivity index (χ0n) is 26.5. The molecule has 49 heavy (non-hydrogen) atoms.